The van der Waals surface area contributed by atoms with Crippen LogP contribution in [-0.2, 0) is 34.8 Å². The minimum atomic E-state index is -0.980. The van der Waals surface area contributed by atoms with Gasteiger partial charge in [0.25, 0.3) is 0 Å². The lowest BCUT2D eigenvalue weighted by molar-refractivity contribution is -0.0191. The first-order chi connectivity index (χ1) is 20.2. The van der Waals surface area contributed by atoms with Crippen LogP contribution in [0, 0.1) is 0 Å². The number of hydrogen-bond donors (Lipinski definition) is 2. The number of aryl methyl sites for hydroxylation is 1. The molecule has 0 aliphatic rings. The van der Waals surface area contributed by atoms with Gasteiger partial charge < -0.3 is 43.4 Å². The van der Waals surface area contributed by atoms with Crippen LogP contribution in [0.4, 0.5) is 0 Å². The van der Waals surface area contributed by atoms with Crippen LogP contribution in [0.1, 0.15) is 74.2 Å². The van der Waals surface area contributed by atoms with E-state index in [-0.39, 0.29) is 18.8 Å². The minimum absolute atomic E-state index is 0.0187. The topological polar surface area (TPSA) is 122 Å². The third kappa shape index (κ3) is 22.5. The van der Waals surface area contributed by atoms with E-state index in [2.05, 4.69) is 6.92 Å². The smallest absolute Gasteiger partial charge is 0.339 e. The van der Waals surface area contributed by atoms with Gasteiger partial charge in [0.2, 0.25) is 0 Å². The van der Waals surface area contributed by atoms with Crippen molar-refractivity contribution in [2.75, 3.05) is 92.5 Å². The number of carboxylic acids is 1. The normalized spacial score (nSPS) is 11.3. The number of carboxylic acid groups (broad SMARTS) is 1. The van der Waals surface area contributed by atoms with Crippen LogP contribution in [0.2, 0.25) is 0 Å². The standard InChI is InChI=1S/C31H54O10/c1-2-3-4-5-6-7-8-9-10-28-11-12-30(29(27-28)31(33)34)41-26-25-40-24-23-39-22-21-38-20-19-37-18-17-36-16-15-35-14-13-32/h11-12,27,32H,2-10,13-26H2,1H3,(H,33,34). The SMILES string of the molecule is CCCCCCCCCCc1ccc(OCCOCCOCCOCCOCCOCCOCCO)c(C(=O)O)c1. The van der Waals surface area contributed by atoms with Crippen molar-refractivity contribution >= 4 is 5.97 Å². The Kier molecular flexibility index (Phi) is 25.7. The van der Waals surface area contributed by atoms with Crippen LogP contribution in [-0.4, -0.2) is 109 Å². The van der Waals surface area contributed by atoms with Gasteiger partial charge >= 0.3 is 5.97 Å². The zero-order valence-corrected chi connectivity index (χ0v) is 25.2. The first-order valence-electron chi connectivity index (χ1n) is 15.2. The summed E-state index contributed by atoms with van der Waals surface area (Å²) in [5.74, 6) is -0.610. The van der Waals surface area contributed by atoms with E-state index in [0.29, 0.717) is 85.0 Å². The van der Waals surface area contributed by atoms with Crippen molar-refractivity contribution in [1.82, 2.24) is 0 Å². The lowest BCUT2D eigenvalue weighted by Gasteiger charge is -2.12. The van der Waals surface area contributed by atoms with Crippen molar-refractivity contribution in [3.8, 4) is 5.75 Å². The molecule has 0 aliphatic carbocycles. The van der Waals surface area contributed by atoms with Crippen LogP contribution < -0.4 is 4.74 Å². The van der Waals surface area contributed by atoms with Gasteiger partial charge in [-0.05, 0) is 30.5 Å². The zero-order valence-electron chi connectivity index (χ0n) is 25.2. The molecule has 0 spiro atoms. The van der Waals surface area contributed by atoms with Crippen molar-refractivity contribution < 1.29 is 48.2 Å². The Balaban J connectivity index is 1.98. The number of aliphatic hydroxyl groups excluding tert-OH is 1. The third-order valence-electron chi connectivity index (χ3n) is 6.17. The Morgan fingerprint density at radius 1 is 0.610 bits per heavy atom. The molecule has 1 rings (SSSR count). The largest absolute Gasteiger partial charge is 0.490 e. The predicted octanol–water partition coefficient (Wildman–Crippen LogP) is 4.54. The molecular formula is C31H54O10. The van der Waals surface area contributed by atoms with Gasteiger partial charge in [-0.3, -0.25) is 0 Å². The van der Waals surface area contributed by atoms with Gasteiger partial charge in [-0.1, -0.05) is 57.9 Å². The molecule has 2 N–H and O–H groups in total. The Hall–Kier alpha value is -1.79. The summed E-state index contributed by atoms with van der Waals surface area (Å²) < 4.78 is 37.9. The van der Waals surface area contributed by atoms with Crippen LogP contribution in [0.15, 0.2) is 18.2 Å². The maximum Gasteiger partial charge on any atom is 0.339 e. The molecule has 0 fully saturated rings. The Morgan fingerprint density at radius 3 is 1.51 bits per heavy atom. The van der Waals surface area contributed by atoms with Gasteiger partial charge in [0.1, 0.15) is 17.9 Å². The molecule has 0 saturated heterocycles. The maximum absolute atomic E-state index is 11.7. The first kappa shape index (κ1) is 37.2. The van der Waals surface area contributed by atoms with E-state index < -0.39 is 5.97 Å². The molecule has 1 aromatic carbocycles. The minimum Gasteiger partial charge on any atom is -0.490 e. The number of hydrogen-bond acceptors (Lipinski definition) is 9. The van der Waals surface area contributed by atoms with E-state index in [1.807, 2.05) is 6.07 Å². The van der Waals surface area contributed by atoms with Crippen molar-refractivity contribution in [1.29, 1.82) is 0 Å². The molecule has 10 heteroatoms. The van der Waals surface area contributed by atoms with Crippen LogP contribution >= 0.6 is 0 Å². The molecule has 0 bridgehead atoms. The lowest BCUT2D eigenvalue weighted by atomic mass is 10.0. The molecule has 0 saturated carbocycles. The van der Waals surface area contributed by atoms with Gasteiger partial charge in [0, 0.05) is 0 Å². The number of aliphatic hydroxyl groups is 1. The molecule has 0 atom stereocenters. The summed E-state index contributed by atoms with van der Waals surface area (Å²) >= 11 is 0. The molecule has 0 amide bonds. The Labute approximate surface area is 246 Å². The number of rotatable bonds is 31. The van der Waals surface area contributed by atoms with Crippen LogP contribution in [0.25, 0.3) is 0 Å². The van der Waals surface area contributed by atoms with E-state index in [0.717, 1.165) is 18.4 Å². The summed E-state index contributed by atoms with van der Waals surface area (Å²) in [6, 6.07) is 5.44. The van der Waals surface area contributed by atoms with Gasteiger partial charge in [0.15, 0.2) is 0 Å². The molecule has 0 aromatic heterocycles. The molecule has 0 heterocycles. The second-order valence-electron chi connectivity index (χ2n) is 9.61. The fraction of sp³-hybridized carbons (Fsp3) is 0.774. The molecule has 10 nitrogen and oxygen atoms in total. The number of aromatic carboxylic acids is 1. The molecule has 0 radical (unpaired) electrons. The van der Waals surface area contributed by atoms with E-state index in [1.54, 1.807) is 12.1 Å². The lowest BCUT2D eigenvalue weighted by Crippen LogP contribution is -2.15. The quantitative estimate of drug-likeness (QED) is 0.120. The number of benzene rings is 1. The highest BCUT2D eigenvalue weighted by Crippen LogP contribution is 2.22. The van der Waals surface area contributed by atoms with Gasteiger partial charge in [-0.2, -0.15) is 0 Å². The summed E-state index contributed by atoms with van der Waals surface area (Å²) in [6.07, 6.45) is 10.9. The Bertz CT molecular complexity index is 731. The van der Waals surface area contributed by atoms with Crippen molar-refractivity contribution in [3.63, 3.8) is 0 Å². The number of unbranched alkanes of at least 4 members (excludes halogenated alkanes) is 7. The zero-order chi connectivity index (χ0) is 29.6. The summed E-state index contributed by atoms with van der Waals surface area (Å²) in [7, 11) is 0. The summed E-state index contributed by atoms with van der Waals surface area (Å²) in [6.45, 7) is 7.86. The fourth-order valence-corrected chi connectivity index (χ4v) is 3.97. The average Bonchev–Trinajstić information content (AvgIpc) is 2.97. The predicted molar refractivity (Wildman–Crippen MR) is 157 cm³/mol. The van der Waals surface area contributed by atoms with E-state index in [9.17, 15) is 9.90 Å². The second kappa shape index (κ2) is 28.3. The monoisotopic (exact) mass is 586 g/mol. The highest BCUT2D eigenvalue weighted by Gasteiger charge is 2.12. The van der Waals surface area contributed by atoms with Crippen molar-refractivity contribution in [2.24, 2.45) is 0 Å². The summed E-state index contributed by atoms with van der Waals surface area (Å²) in [4.78, 5) is 11.7. The van der Waals surface area contributed by atoms with Gasteiger partial charge in [-0.25, -0.2) is 4.79 Å². The molecule has 41 heavy (non-hydrogen) atoms. The number of ether oxygens (including phenoxy) is 7. The van der Waals surface area contributed by atoms with E-state index in [1.165, 1.54) is 44.9 Å². The second-order valence-corrected chi connectivity index (χ2v) is 9.61. The van der Waals surface area contributed by atoms with Gasteiger partial charge in [-0.15, -0.1) is 0 Å². The van der Waals surface area contributed by atoms with Gasteiger partial charge in [0.05, 0.1) is 85.9 Å². The molecule has 1 aromatic rings. The molecule has 238 valence electrons. The molecule has 0 aliphatic heterocycles. The third-order valence-corrected chi connectivity index (χ3v) is 6.17. The van der Waals surface area contributed by atoms with Crippen LogP contribution in [0.3, 0.4) is 0 Å². The highest BCUT2D eigenvalue weighted by atomic mass is 16.6. The van der Waals surface area contributed by atoms with Crippen LogP contribution in [0.5, 0.6) is 5.75 Å². The highest BCUT2D eigenvalue weighted by molar-refractivity contribution is 5.91. The summed E-state index contributed by atoms with van der Waals surface area (Å²) in [5, 5.41) is 18.2. The van der Waals surface area contributed by atoms with E-state index in [4.69, 9.17) is 38.3 Å². The van der Waals surface area contributed by atoms with E-state index >= 15 is 0 Å². The maximum atomic E-state index is 11.7. The number of carbonyl (C=O) groups is 1. The van der Waals surface area contributed by atoms with Crippen molar-refractivity contribution in [2.45, 2.75) is 64.7 Å². The van der Waals surface area contributed by atoms with Crippen molar-refractivity contribution in [3.05, 3.63) is 29.3 Å². The first-order valence-corrected chi connectivity index (χ1v) is 15.2. The Morgan fingerprint density at radius 2 is 1.05 bits per heavy atom. The molecule has 0 unspecified atom stereocenters. The summed E-state index contributed by atoms with van der Waals surface area (Å²) in [5.41, 5.74) is 1.23. The average molecular weight is 587 g/mol. The fourth-order valence-electron chi connectivity index (χ4n) is 3.97. The molecular weight excluding hydrogens is 532 g/mol.